The van der Waals surface area contributed by atoms with Gasteiger partial charge in [0, 0.05) is 52.4 Å². The number of fused-ring (bicyclic) bond motifs is 20. The lowest BCUT2D eigenvalue weighted by molar-refractivity contribution is -0.355. The Morgan fingerprint density at radius 1 is 0.420 bits per heavy atom. The van der Waals surface area contributed by atoms with E-state index < -0.39 is 115 Å². The van der Waals surface area contributed by atoms with Crippen LogP contribution in [0.25, 0.3) is 0 Å². The lowest BCUT2D eigenvalue weighted by Crippen LogP contribution is -2.41. The van der Waals surface area contributed by atoms with Gasteiger partial charge >= 0.3 is 17.9 Å². The average molecular weight is 1360 g/mol. The number of aromatic hydroxyl groups is 2. The molecule has 0 aromatic heterocycles. The van der Waals surface area contributed by atoms with Gasteiger partial charge in [0.05, 0.1) is 69.6 Å². The van der Waals surface area contributed by atoms with Gasteiger partial charge in [0.2, 0.25) is 0 Å². The number of hydrogen-bond acceptors (Lipinski definition) is 17. The second kappa shape index (κ2) is 30.3. The van der Waals surface area contributed by atoms with Crippen LogP contribution >= 0.6 is 0 Å². The number of anilines is 8. The lowest BCUT2D eigenvalue weighted by Gasteiger charge is -2.30. The predicted octanol–water partition coefficient (Wildman–Crippen LogP) is 11.8. The van der Waals surface area contributed by atoms with E-state index in [2.05, 4.69) is 42.5 Å². The first-order valence-electron chi connectivity index (χ1n) is 31.6. The third-order valence-corrected chi connectivity index (χ3v) is 16.0. The highest BCUT2D eigenvalue weighted by molar-refractivity contribution is 6.17. The van der Waals surface area contributed by atoms with Gasteiger partial charge in [0.25, 0.3) is 47.3 Å². The van der Waals surface area contributed by atoms with Gasteiger partial charge in [-0.3, -0.25) is 47.9 Å². The molecule has 11 N–H and O–H groups in total. The molecular formula is C74H70N8O18. The molecule has 0 fully saturated rings. The molecule has 8 amide bonds. The number of benzene rings is 8. The second-order valence-electron chi connectivity index (χ2n) is 24.0. The molecule has 0 saturated heterocycles. The Balaban J connectivity index is 1.11. The van der Waals surface area contributed by atoms with Crippen LogP contribution in [0.5, 0.6) is 23.0 Å². The van der Waals surface area contributed by atoms with Crippen LogP contribution in [0.2, 0.25) is 0 Å². The summed E-state index contributed by atoms with van der Waals surface area (Å²) in [5.74, 6) is -15.0. The van der Waals surface area contributed by atoms with Crippen molar-refractivity contribution in [1.82, 2.24) is 0 Å². The van der Waals surface area contributed by atoms with Gasteiger partial charge in [-0.05, 0) is 184 Å². The van der Waals surface area contributed by atoms with Crippen molar-refractivity contribution in [2.75, 3.05) is 69.0 Å². The number of rotatable bonds is 6. The van der Waals surface area contributed by atoms with Crippen molar-refractivity contribution in [3.05, 3.63) is 212 Å². The van der Waals surface area contributed by atoms with E-state index in [-0.39, 0.29) is 114 Å². The fourth-order valence-electron chi connectivity index (χ4n) is 11.2. The summed E-state index contributed by atoms with van der Waals surface area (Å²) >= 11 is 0. The topological polar surface area (TPSA) is 374 Å². The van der Waals surface area contributed by atoms with Gasteiger partial charge in [-0.25, -0.2) is 0 Å². The Hall–Kier alpha value is -12.4. The number of hydrogen-bond donors (Lipinski definition) is 11. The first-order chi connectivity index (χ1) is 47.7. The van der Waals surface area contributed by atoms with E-state index in [0.29, 0.717) is 22.3 Å². The quantitative estimate of drug-likeness (QED) is 0.0689. The Morgan fingerprint density at radius 3 is 0.900 bits per heavy atom. The zero-order chi connectivity index (χ0) is 71.7. The third kappa shape index (κ3) is 16.9. The molecule has 0 saturated carbocycles. The van der Waals surface area contributed by atoms with Crippen LogP contribution < -0.4 is 52.0 Å². The van der Waals surface area contributed by atoms with Gasteiger partial charge in [-0.1, -0.05) is 38.1 Å². The predicted molar refractivity (Wildman–Crippen MR) is 370 cm³/mol. The summed E-state index contributed by atoms with van der Waals surface area (Å²) in [7, 11) is 0. The van der Waals surface area contributed by atoms with Crippen molar-refractivity contribution < 1.29 is 86.9 Å². The number of nitrogens with one attached hydrogen (secondary N) is 8. The summed E-state index contributed by atoms with van der Waals surface area (Å²) in [6.45, 7) is 8.74. The molecular weight excluding hydrogens is 1290 g/mol. The summed E-state index contributed by atoms with van der Waals surface area (Å²) in [5, 5.41) is 55.0. The number of carbonyl (C=O) groups is 10. The van der Waals surface area contributed by atoms with E-state index in [9.17, 15) is 63.3 Å². The van der Waals surface area contributed by atoms with Gasteiger partial charge in [-0.15, -0.1) is 0 Å². The lowest BCUT2D eigenvalue weighted by atomic mass is 9.94. The molecule has 2 unspecified atom stereocenters. The van der Waals surface area contributed by atoms with Gasteiger partial charge in [0.1, 0.15) is 36.2 Å². The molecule has 10 rings (SSSR count). The number of ether oxygens (including phenoxy) is 5. The minimum absolute atomic E-state index is 0.123. The van der Waals surface area contributed by atoms with E-state index in [1.165, 1.54) is 159 Å². The Bertz CT molecular complexity index is 4150. The van der Waals surface area contributed by atoms with Crippen molar-refractivity contribution >= 4 is 105 Å². The number of phenolic OH excluding ortho intramolecular Hbond substituents is 2. The van der Waals surface area contributed by atoms with Crippen molar-refractivity contribution in [3.63, 3.8) is 0 Å². The first-order valence-corrected chi connectivity index (χ1v) is 31.6. The smallest absolute Gasteiger partial charge is 0.326 e. The van der Waals surface area contributed by atoms with Gasteiger partial charge in [-0.2, -0.15) is 0 Å². The normalized spacial score (nSPS) is 15.3. The van der Waals surface area contributed by atoms with E-state index in [4.69, 9.17) is 23.7 Å². The molecule has 2 aliphatic rings. The maximum atomic E-state index is 14.8. The van der Waals surface area contributed by atoms with Crippen LogP contribution in [0, 0.1) is 39.5 Å². The van der Waals surface area contributed by atoms with Crippen molar-refractivity contribution in [2.24, 2.45) is 11.8 Å². The van der Waals surface area contributed by atoms with E-state index in [1.54, 1.807) is 34.6 Å². The SMILES string of the molecule is CCC(CC(C)C(=O)OC1(C)OCCOc2c3cc(C)cc2C(=O)Nc2cccc(c2)NC(=O)c2cc(C)cc(c2O)C(=O)Nc2cccc(c2)NC(=O)c2cc(C)cc(c2OCCO1)C(=O)Nc1cccc(c1)NC(=O)c1cc(C)cc(c1O)C(=O)Nc1cccc(c1)NC3=O)C(=O)O. The standard InChI is InChI=1S/C74H70N8O18/c1-8-43(72(93)94)33-42(6)73(95)100-74(7)98-23-21-96-62-56-29-40(4)31-58(62)70(91)81-50-19-11-15-46(36-50)77-66(87)54-27-39(3)28-55(61(54)84)67(88)78-47-16-12-20-51(37-47)82-71(92)59-32-41(5)30-57(63(59)97-22-24-99-74)69(90)80-49-18-10-14-45(35-49)76-65(86)53-26-38(2)25-52(60(53)83)64(85)75-44-13-9-17-48(34-44)79-68(56)89/h9-20,25-32,34-37,42-43,83-84H,8,21-24,33H2,1-7H3,(H,75,85)(H,76,86)(H,77,87)(H,78,88)(H,79,89)(H,80,90)(H,81,91)(H,82,92)(H,93,94). The van der Waals surface area contributed by atoms with Gasteiger partial charge in [0.15, 0.2) is 0 Å². The summed E-state index contributed by atoms with van der Waals surface area (Å²) in [6.07, 6.45) is 0.0577. The molecule has 26 nitrogen and oxygen atoms in total. The molecule has 14 bridgehead atoms. The molecule has 0 radical (unpaired) electrons. The number of aryl methyl sites for hydroxylation is 4. The summed E-state index contributed by atoms with van der Waals surface area (Å²) in [5.41, 5.74) is 0.647. The average Bonchev–Trinajstić information content (AvgIpc) is 0.807. The minimum atomic E-state index is -2.35. The van der Waals surface area contributed by atoms with Crippen LogP contribution in [-0.4, -0.2) is 107 Å². The maximum absolute atomic E-state index is 14.8. The Labute approximate surface area is 572 Å². The number of carbonyl (C=O) groups excluding carboxylic acids is 9. The summed E-state index contributed by atoms with van der Waals surface area (Å²) in [4.78, 5) is 142. The fourth-order valence-corrected chi connectivity index (χ4v) is 11.2. The zero-order valence-electron chi connectivity index (χ0n) is 55.2. The first kappa shape index (κ1) is 70.4. The van der Waals surface area contributed by atoms with Crippen LogP contribution in [-0.2, 0) is 23.8 Å². The molecule has 26 heteroatoms. The molecule has 8 aromatic rings. The van der Waals surface area contributed by atoms with E-state index in [0.717, 1.165) is 0 Å². The molecule has 8 aromatic carbocycles. The second-order valence-corrected chi connectivity index (χ2v) is 24.0. The number of carboxylic acids is 1. The number of aliphatic carboxylic acids is 1. The van der Waals surface area contributed by atoms with Crippen molar-refractivity contribution in [2.45, 2.75) is 67.3 Å². The Kier molecular flexibility index (Phi) is 21.4. The highest BCUT2D eigenvalue weighted by Crippen LogP contribution is 2.35. The van der Waals surface area contributed by atoms with Crippen molar-refractivity contribution in [1.29, 1.82) is 0 Å². The number of phenols is 2. The Morgan fingerprint density at radius 2 is 0.660 bits per heavy atom. The minimum Gasteiger partial charge on any atom is -0.506 e. The molecule has 514 valence electrons. The van der Waals surface area contributed by atoms with Crippen LogP contribution in [0.4, 0.5) is 45.5 Å². The van der Waals surface area contributed by atoms with E-state index in [1.807, 2.05) is 0 Å². The highest BCUT2D eigenvalue weighted by atomic mass is 16.9. The summed E-state index contributed by atoms with van der Waals surface area (Å²) in [6, 6.07) is 35.0. The van der Waals surface area contributed by atoms with Gasteiger partial charge < -0.3 is 81.5 Å². The number of esters is 1. The molecule has 0 spiro atoms. The largest absolute Gasteiger partial charge is 0.506 e. The number of carboxylic acid groups (broad SMARTS) is 1. The fraction of sp³-hybridized carbons (Fsp3) is 0.216. The highest BCUT2D eigenvalue weighted by Gasteiger charge is 2.36. The molecule has 2 atom stereocenters. The van der Waals surface area contributed by atoms with Crippen LogP contribution in [0.3, 0.4) is 0 Å². The third-order valence-electron chi connectivity index (χ3n) is 16.0. The summed E-state index contributed by atoms with van der Waals surface area (Å²) < 4.78 is 31.0. The molecule has 100 heavy (non-hydrogen) atoms. The number of amides is 8. The van der Waals surface area contributed by atoms with Crippen LogP contribution in [0.1, 0.15) is 139 Å². The molecule has 0 aliphatic carbocycles. The van der Waals surface area contributed by atoms with Crippen molar-refractivity contribution in [3.8, 4) is 23.0 Å². The molecule has 2 heterocycles. The maximum Gasteiger partial charge on any atom is 0.326 e. The monoisotopic (exact) mass is 1360 g/mol. The molecule has 2 aliphatic heterocycles. The zero-order valence-corrected chi connectivity index (χ0v) is 55.2. The van der Waals surface area contributed by atoms with E-state index >= 15 is 0 Å². The van der Waals surface area contributed by atoms with Crippen LogP contribution in [0.15, 0.2) is 146 Å².